The highest BCUT2D eigenvalue weighted by Crippen LogP contribution is 2.19. The summed E-state index contributed by atoms with van der Waals surface area (Å²) >= 11 is 0. The van der Waals surface area contributed by atoms with E-state index < -0.39 is 11.9 Å². The maximum absolute atomic E-state index is 12.7. The SMILES string of the molecule is Cn1nc(-c2ccncc2)cc1NNC(=O)[C@H](Cc1ccccc1)NCC(N)=O. The van der Waals surface area contributed by atoms with Gasteiger partial charge in [0.1, 0.15) is 5.82 Å². The number of nitrogens with one attached hydrogen (secondary N) is 3. The Morgan fingerprint density at radius 1 is 1.14 bits per heavy atom. The average Bonchev–Trinajstić information content (AvgIpc) is 3.11. The molecule has 3 aromatic rings. The maximum Gasteiger partial charge on any atom is 0.255 e. The standard InChI is InChI=1S/C20H23N7O2/c1-27-19(12-16(26-27)15-7-9-22-10-8-15)24-25-20(29)17(23-13-18(21)28)11-14-5-3-2-4-6-14/h2-10,12,17,23-24H,11,13H2,1H3,(H2,21,28)(H,25,29)/t17-/m0/s1. The molecule has 29 heavy (non-hydrogen) atoms. The average molecular weight is 393 g/mol. The summed E-state index contributed by atoms with van der Waals surface area (Å²) < 4.78 is 1.62. The van der Waals surface area contributed by atoms with Crippen LogP contribution in [-0.4, -0.2) is 39.2 Å². The lowest BCUT2D eigenvalue weighted by Crippen LogP contribution is -2.49. The van der Waals surface area contributed by atoms with E-state index in [1.54, 1.807) is 24.1 Å². The highest BCUT2D eigenvalue weighted by molar-refractivity contribution is 5.84. The van der Waals surface area contributed by atoms with Gasteiger partial charge in [-0.1, -0.05) is 30.3 Å². The van der Waals surface area contributed by atoms with Gasteiger partial charge in [0.25, 0.3) is 5.91 Å². The largest absolute Gasteiger partial charge is 0.369 e. The van der Waals surface area contributed by atoms with Gasteiger partial charge in [-0.15, -0.1) is 0 Å². The van der Waals surface area contributed by atoms with E-state index in [0.29, 0.717) is 12.2 Å². The zero-order valence-corrected chi connectivity index (χ0v) is 16.0. The molecule has 0 unspecified atom stereocenters. The zero-order chi connectivity index (χ0) is 20.6. The van der Waals surface area contributed by atoms with Gasteiger partial charge in [-0.05, 0) is 24.1 Å². The Kier molecular flexibility index (Phi) is 6.54. The third-order valence-corrected chi connectivity index (χ3v) is 4.29. The Morgan fingerprint density at radius 3 is 2.55 bits per heavy atom. The van der Waals surface area contributed by atoms with E-state index in [0.717, 1.165) is 16.8 Å². The number of benzene rings is 1. The first kappa shape index (κ1) is 20.0. The summed E-state index contributed by atoms with van der Waals surface area (Å²) in [7, 11) is 1.77. The van der Waals surface area contributed by atoms with Crippen LogP contribution in [0.2, 0.25) is 0 Å². The summed E-state index contributed by atoms with van der Waals surface area (Å²) in [4.78, 5) is 27.8. The summed E-state index contributed by atoms with van der Waals surface area (Å²) in [6.07, 6.45) is 3.80. The molecule has 3 rings (SSSR count). The van der Waals surface area contributed by atoms with E-state index in [9.17, 15) is 9.59 Å². The fourth-order valence-corrected chi connectivity index (χ4v) is 2.79. The second kappa shape index (κ2) is 9.47. The molecule has 0 radical (unpaired) electrons. The molecule has 0 bridgehead atoms. The molecule has 0 aliphatic rings. The fraction of sp³-hybridized carbons (Fsp3) is 0.200. The van der Waals surface area contributed by atoms with E-state index in [1.807, 2.05) is 48.5 Å². The lowest BCUT2D eigenvalue weighted by molar-refractivity contribution is -0.123. The molecule has 9 heteroatoms. The molecule has 150 valence electrons. The number of aryl methyl sites for hydroxylation is 1. The van der Waals surface area contributed by atoms with Gasteiger partial charge in [0, 0.05) is 31.1 Å². The molecular weight excluding hydrogens is 370 g/mol. The van der Waals surface area contributed by atoms with Crippen molar-refractivity contribution in [2.24, 2.45) is 12.8 Å². The summed E-state index contributed by atoms with van der Waals surface area (Å²) in [5.74, 6) is -0.238. The van der Waals surface area contributed by atoms with E-state index in [-0.39, 0.29) is 12.5 Å². The molecule has 9 nitrogen and oxygen atoms in total. The van der Waals surface area contributed by atoms with Gasteiger partial charge in [0.2, 0.25) is 5.91 Å². The third-order valence-electron chi connectivity index (χ3n) is 4.29. The molecule has 0 aliphatic heterocycles. The molecule has 0 saturated carbocycles. The number of anilines is 1. The third kappa shape index (κ3) is 5.63. The second-order valence-electron chi connectivity index (χ2n) is 6.48. The van der Waals surface area contributed by atoms with Crippen molar-refractivity contribution in [2.45, 2.75) is 12.5 Å². The number of primary amides is 1. The van der Waals surface area contributed by atoms with Crippen LogP contribution >= 0.6 is 0 Å². The van der Waals surface area contributed by atoms with E-state index >= 15 is 0 Å². The minimum absolute atomic E-state index is 0.0944. The predicted molar refractivity (Wildman–Crippen MR) is 109 cm³/mol. The monoisotopic (exact) mass is 393 g/mol. The number of pyridine rings is 1. The Labute approximate surface area is 168 Å². The van der Waals surface area contributed by atoms with Gasteiger partial charge in [0.05, 0.1) is 18.3 Å². The smallest absolute Gasteiger partial charge is 0.255 e. The van der Waals surface area contributed by atoms with Crippen LogP contribution in [0.15, 0.2) is 60.9 Å². The highest BCUT2D eigenvalue weighted by Gasteiger charge is 2.19. The van der Waals surface area contributed by atoms with Crippen LogP contribution in [0.4, 0.5) is 5.82 Å². The minimum Gasteiger partial charge on any atom is -0.369 e. The predicted octanol–water partition coefficient (Wildman–Crippen LogP) is 0.611. The van der Waals surface area contributed by atoms with Crippen LogP contribution in [0.3, 0.4) is 0 Å². The molecule has 0 aliphatic carbocycles. The number of hydrazine groups is 1. The molecule has 5 N–H and O–H groups in total. The Bertz CT molecular complexity index is 957. The first-order chi connectivity index (χ1) is 14.0. The molecule has 0 saturated heterocycles. The van der Waals surface area contributed by atoms with Crippen molar-refractivity contribution in [3.05, 3.63) is 66.5 Å². The normalized spacial score (nSPS) is 11.6. The highest BCUT2D eigenvalue weighted by atomic mass is 16.2. The number of hydrogen-bond acceptors (Lipinski definition) is 6. The topological polar surface area (TPSA) is 127 Å². The van der Waals surface area contributed by atoms with E-state index in [4.69, 9.17) is 5.73 Å². The number of nitrogens with zero attached hydrogens (tertiary/aromatic N) is 3. The lowest BCUT2D eigenvalue weighted by atomic mass is 10.1. The second-order valence-corrected chi connectivity index (χ2v) is 6.48. The number of rotatable bonds is 9. The summed E-state index contributed by atoms with van der Waals surface area (Å²) in [5, 5.41) is 7.32. The molecule has 0 spiro atoms. The van der Waals surface area contributed by atoms with Crippen molar-refractivity contribution in [3.8, 4) is 11.3 Å². The van der Waals surface area contributed by atoms with Gasteiger partial charge >= 0.3 is 0 Å². The molecule has 1 aromatic carbocycles. The fourth-order valence-electron chi connectivity index (χ4n) is 2.79. The zero-order valence-electron chi connectivity index (χ0n) is 16.0. The van der Waals surface area contributed by atoms with Crippen LogP contribution < -0.4 is 21.9 Å². The van der Waals surface area contributed by atoms with Gasteiger partial charge < -0.3 is 5.73 Å². The van der Waals surface area contributed by atoms with Crippen LogP contribution in [0, 0.1) is 0 Å². The quantitative estimate of drug-likeness (QED) is 0.395. The van der Waals surface area contributed by atoms with E-state index in [1.165, 1.54) is 0 Å². The minimum atomic E-state index is -0.634. The molecule has 2 heterocycles. The summed E-state index contributed by atoms with van der Waals surface area (Å²) in [6, 6.07) is 14.4. The number of carbonyl (C=O) groups excluding carboxylic acids is 2. The number of amides is 2. The maximum atomic E-state index is 12.7. The molecule has 2 aromatic heterocycles. The van der Waals surface area contributed by atoms with Crippen LogP contribution in [0.25, 0.3) is 11.3 Å². The van der Waals surface area contributed by atoms with Crippen molar-refractivity contribution < 1.29 is 9.59 Å². The summed E-state index contributed by atoms with van der Waals surface area (Å²) in [5.41, 5.74) is 13.4. The number of aromatic nitrogens is 3. The van der Waals surface area contributed by atoms with Crippen molar-refractivity contribution in [2.75, 3.05) is 12.0 Å². The number of carbonyl (C=O) groups is 2. The van der Waals surface area contributed by atoms with Crippen molar-refractivity contribution in [1.29, 1.82) is 0 Å². The van der Waals surface area contributed by atoms with Crippen molar-refractivity contribution in [3.63, 3.8) is 0 Å². The van der Waals surface area contributed by atoms with Crippen molar-refractivity contribution >= 4 is 17.6 Å². The summed E-state index contributed by atoms with van der Waals surface area (Å²) in [6.45, 7) is -0.0944. The first-order valence-electron chi connectivity index (χ1n) is 9.09. The van der Waals surface area contributed by atoms with Gasteiger partial charge in [-0.2, -0.15) is 5.10 Å². The van der Waals surface area contributed by atoms with Crippen LogP contribution in [-0.2, 0) is 23.1 Å². The van der Waals surface area contributed by atoms with Gasteiger partial charge in [-0.25, -0.2) is 0 Å². The van der Waals surface area contributed by atoms with Crippen LogP contribution in [0.1, 0.15) is 5.56 Å². The van der Waals surface area contributed by atoms with Crippen molar-refractivity contribution in [1.82, 2.24) is 25.5 Å². The molecular formula is C20H23N7O2. The first-order valence-corrected chi connectivity index (χ1v) is 9.09. The Morgan fingerprint density at radius 2 is 1.86 bits per heavy atom. The molecule has 0 fully saturated rings. The lowest BCUT2D eigenvalue weighted by Gasteiger charge is -2.18. The van der Waals surface area contributed by atoms with Gasteiger partial charge in [-0.3, -0.25) is 35.4 Å². The Hall–Kier alpha value is -3.72. The van der Waals surface area contributed by atoms with E-state index in [2.05, 4.69) is 26.3 Å². The Balaban J connectivity index is 1.66. The number of hydrogen-bond donors (Lipinski definition) is 4. The molecule has 2 amide bonds. The molecule has 1 atom stereocenters. The van der Waals surface area contributed by atoms with Gasteiger partial charge in [0.15, 0.2) is 0 Å². The van der Waals surface area contributed by atoms with Crippen LogP contribution in [0.5, 0.6) is 0 Å². The number of nitrogens with two attached hydrogens (primary N) is 1.